The van der Waals surface area contributed by atoms with Gasteiger partial charge in [-0.3, -0.25) is 4.79 Å². The highest BCUT2D eigenvalue weighted by Crippen LogP contribution is 2.13. The van der Waals surface area contributed by atoms with Gasteiger partial charge in [0.1, 0.15) is 6.61 Å². The topological polar surface area (TPSA) is 92.7 Å². The van der Waals surface area contributed by atoms with Crippen LogP contribution in [0.2, 0.25) is 0 Å². The molecule has 0 unspecified atom stereocenters. The second kappa shape index (κ2) is 6.01. The Bertz CT molecular complexity index is 326. The lowest BCUT2D eigenvalue weighted by Gasteiger charge is -2.08. The first-order valence-electron chi connectivity index (χ1n) is 3.96. The fourth-order valence-corrected chi connectivity index (χ4v) is 1.49. The molecule has 0 radical (unpaired) electrons. The van der Waals surface area contributed by atoms with Gasteiger partial charge in [-0.2, -0.15) is 13.2 Å². The van der Waals surface area contributed by atoms with Crippen LogP contribution < -0.4 is 4.72 Å². The molecule has 0 aromatic heterocycles. The van der Waals surface area contributed by atoms with Crippen molar-refractivity contribution in [3.63, 3.8) is 0 Å². The van der Waals surface area contributed by atoms with E-state index in [-0.39, 0.29) is 0 Å². The molecule has 10 heteroatoms. The Labute approximate surface area is 89.4 Å². The predicted octanol–water partition coefficient (Wildman–Crippen LogP) is -0.431. The van der Waals surface area contributed by atoms with E-state index >= 15 is 0 Å². The smallest absolute Gasteiger partial charge is 0.411 e. The van der Waals surface area contributed by atoms with Crippen LogP contribution in [-0.4, -0.2) is 51.2 Å². The second-order valence-corrected chi connectivity index (χ2v) is 4.52. The summed E-state index contributed by atoms with van der Waals surface area (Å²) in [5.41, 5.74) is 0. The number of rotatable bonds is 7. The number of ether oxygens (including phenoxy) is 1. The van der Waals surface area contributed by atoms with Crippen LogP contribution in [0.1, 0.15) is 0 Å². The van der Waals surface area contributed by atoms with Gasteiger partial charge < -0.3 is 9.84 Å². The maximum absolute atomic E-state index is 11.5. The largest absolute Gasteiger partial charge is 0.480 e. The van der Waals surface area contributed by atoms with Crippen molar-refractivity contribution in [2.24, 2.45) is 0 Å². The average Bonchev–Trinajstić information content (AvgIpc) is 1.98. The van der Waals surface area contributed by atoms with Gasteiger partial charge in [-0.05, 0) is 0 Å². The summed E-state index contributed by atoms with van der Waals surface area (Å²) in [7, 11) is -4.01. The molecule has 0 bridgehead atoms. The molecular formula is C6H10F3NO5S. The number of hydrogen-bond acceptors (Lipinski definition) is 4. The zero-order chi connectivity index (χ0) is 12.8. The summed E-state index contributed by atoms with van der Waals surface area (Å²) in [4.78, 5) is 10.0. The molecule has 0 saturated carbocycles. The standard InChI is InChI=1S/C6H10F3NO5S/c7-6(8,9)4-15-2-1-10-16(13,14)3-5(11)12/h10H,1-4H2,(H,11,12). The zero-order valence-electron chi connectivity index (χ0n) is 7.95. The molecule has 0 heterocycles. The quantitative estimate of drug-likeness (QED) is 0.609. The van der Waals surface area contributed by atoms with Crippen molar-refractivity contribution in [2.75, 3.05) is 25.5 Å². The molecule has 0 rings (SSSR count). The van der Waals surface area contributed by atoms with Crippen LogP contribution in [0.15, 0.2) is 0 Å². The van der Waals surface area contributed by atoms with Crippen LogP contribution in [0.25, 0.3) is 0 Å². The Morgan fingerprint density at radius 2 is 1.94 bits per heavy atom. The van der Waals surface area contributed by atoms with E-state index in [0.717, 1.165) is 0 Å². The molecule has 0 aliphatic rings. The van der Waals surface area contributed by atoms with Crippen molar-refractivity contribution in [1.82, 2.24) is 4.72 Å². The van der Waals surface area contributed by atoms with Crippen LogP contribution in [0.3, 0.4) is 0 Å². The summed E-state index contributed by atoms with van der Waals surface area (Å²) in [5, 5.41) is 8.16. The summed E-state index contributed by atoms with van der Waals surface area (Å²) in [6.45, 7) is -2.38. The minimum atomic E-state index is -4.47. The third kappa shape index (κ3) is 9.68. The number of sulfonamides is 1. The van der Waals surface area contributed by atoms with E-state index in [4.69, 9.17) is 5.11 Å². The molecule has 0 saturated heterocycles. The molecule has 0 aliphatic carbocycles. The number of aliphatic carboxylic acids is 1. The summed E-state index contributed by atoms with van der Waals surface area (Å²) in [6, 6.07) is 0. The molecule has 2 N–H and O–H groups in total. The summed E-state index contributed by atoms with van der Waals surface area (Å²) in [5.74, 6) is -2.68. The first kappa shape index (κ1) is 15.1. The molecule has 0 atom stereocenters. The van der Waals surface area contributed by atoms with Crippen molar-refractivity contribution in [3.05, 3.63) is 0 Å². The number of halogens is 3. The van der Waals surface area contributed by atoms with Gasteiger partial charge in [-0.1, -0.05) is 0 Å². The molecule has 16 heavy (non-hydrogen) atoms. The molecule has 0 aromatic carbocycles. The fourth-order valence-electron chi connectivity index (χ4n) is 0.671. The Morgan fingerprint density at radius 1 is 1.38 bits per heavy atom. The van der Waals surface area contributed by atoms with Gasteiger partial charge in [0, 0.05) is 6.54 Å². The van der Waals surface area contributed by atoms with E-state index in [2.05, 4.69) is 4.74 Å². The van der Waals surface area contributed by atoms with Crippen molar-refractivity contribution in [2.45, 2.75) is 6.18 Å². The molecule has 0 amide bonds. The first-order valence-corrected chi connectivity index (χ1v) is 5.61. The minimum absolute atomic E-state index is 0.411. The summed E-state index contributed by atoms with van der Waals surface area (Å²) >= 11 is 0. The molecule has 0 fully saturated rings. The highest BCUT2D eigenvalue weighted by Gasteiger charge is 2.27. The zero-order valence-corrected chi connectivity index (χ0v) is 8.77. The van der Waals surface area contributed by atoms with E-state index in [1.807, 2.05) is 0 Å². The highest BCUT2D eigenvalue weighted by molar-refractivity contribution is 7.90. The van der Waals surface area contributed by atoms with Gasteiger partial charge in [0.25, 0.3) is 0 Å². The van der Waals surface area contributed by atoms with Crippen molar-refractivity contribution in [3.8, 4) is 0 Å². The van der Waals surface area contributed by atoms with Crippen LogP contribution in [-0.2, 0) is 19.6 Å². The van der Waals surface area contributed by atoms with Gasteiger partial charge in [-0.25, -0.2) is 13.1 Å². The number of carbonyl (C=O) groups is 1. The maximum Gasteiger partial charge on any atom is 0.411 e. The van der Waals surface area contributed by atoms with Crippen molar-refractivity contribution < 1.29 is 36.2 Å². The van der Waals surface area contributed by atoms with Gasteiger partial charge in [0.15, 0.2) is 5.75 Å². The monoisotopic (exact) mass is 265 g/mol. The minimum Gasteiger partial charge on any atom is -0.480 e. The first-order chi connectivity index (χ1) is 7.12. The predicted molar refractivity (Wildman–Crippen MR) is 46.3 cm³/mol. The van der Waals surface area contributed by atoms with Crippen LogP contribution in [0.4, 0.5) is 13.2 Å². The molecule has 0 spiro atoms. The molecule has 0 aromatic rings. The number of carboxylic acids is 1. The van der Waals surface area contributed by atoms with E-state index in [0.29, 0.717) is 0 Å². The van der Waals surface area contributed by atoms with Crippen molar-refractivity contribution >= 4 is 16.0 Å². The third-order valence-electron chi connectivity index (χ3n) is 1.15. The average molecular weight is 265 g/mol. The number of nitrogens with one attached hydrogen (secondary N) is 1. The maximum atomic E-state index is 11.5. The molecule has 6 nitrogen and oxygen atoms in total. The van der Waals surface area contributed by atoms with Gasteiger partial charge in [-0.15, -0.1) is 0 Å². The third-order valence-corrected chi connectivity index (χ3v) is 2.42. The lowest BCUT2D eigenvalue weighted by Crippen LogP contribution is -2.33. The van der Waals surface area contributed by atoms with Gasteiger partial charge >= 0.3 is 12.1 Å². The lowest BCUT2D eigenvalue weighted by molar-refractivity contribution is -0.173. The number of hydrogen-bond donors (Lipinski definition) is 2. The Balaban J connectivity index is 3.71. The Morgan fingerprint density at radius 3 is 2.38 bits per heavy atom. The molecule has 0 aliphatic heterocycles. The van der Waals surface area contributed by atoms with Crippen molar-refractivity contribution in [1.29, 1.82) is 0 Å². The van der Waals surface area contributed by atoms with E-state index < -0.39 is 47.7 Å². The van der Waals surface area contributed by atoms with Crippen LogP contribution >= 0.6 is 0 Å². The van der Waals surface area contributed by atoms with Gasteiger partial charge in [0.05, 0.1) is 6.61 Å². The number of alkyl halides is 3. The van der Waals surface area contributed by atoms with E-state index in [1.165, 1.54) is 0 Å². The van der Waals surface area contributed by atoms with Gasteiger partial charge in [0.2, 0.25) is 10.0 Å². The number of carboxylic acid groups (broad SMARTS) is 1. The Kier molecular flexibility index (Phi) is 5.68. The normalized spacial score (nSPS) is 12.7. The van der Waals surface area contributed by atoms with Crippen LogP contribution in [0.5, 0.6) is 0 Å². The summed E-state index contributed by atoms with van der Waals surface area (Å²) in [6.07, 6.45) is -4.47. The van der Waals surface area contributed by atoms with Crippen LogP contribution in [0, 0.1) is 0 Å². The molecular weight excluding hydrogens is 255 g/mol. The second-order valence-electron chi connectivity index (χ2n) is 2.71. The Hall–Kier alpha value is -0.870. The SMILES string of the molecule is O=C(O)CS(=O)(=O)NCCOCC(F)(F)F. The lowest BCUT2D eigenvalue weighted by atomic mass is 10.7. The van der Waals surface area contributed by atoms with E-state index in [1.54, 1.807) is 4.72 Å². The highest BCUT2D eigenvalue weighted by atomic mass is 32.2. The summed E-state index contributed by atoms with van der Waals surface area (Å²) < 4.78 is 62.2. The molecule has 96 valence electrons. The van der Waals surface area contributed by atoms with E-state index in [9.17, 15) is 26.4 Å². The fraction of sp³-hybridized carbons (Fsp3) is 0.833.